The van der Waals surface area contributed by atoms with Gasteiger partial charge in [-0.25, -0.2) is 0 Å². The lowest BCUT2D eigenvalue weighted by Crippen LogP contribution is -2.06. The lowest BCUT2D eigenvalue weighted by atomic mass is 10.2. The van der Waals surface area contributed by atoms with Crippen molar-refractivity contribution >= 4 is 39.8 Å². The van der Waals surface area contributed by atoms with E-state index in [0.29, 0.717) is 35.6 Å². The molecule has 126 valence electrons. The number of hydrogen-bond donors (Lipinski definition) is 1. The van der Waals surface area contributed by atoms with Gasteiger partial charge in [-0.3, -0.25) is 0 Å². The van der Waals surface area contributed by atoms with Crippen molar-refractivity contribution in [3.63, 3.8) is 0 Å². The van der Waals surface area contributed by atoms with Gasteiger partial charge in [-0.15, -0.1) is 10.2 Å². The Morgan fingerprint density at radius 3 is 2.92 bits per heavy atom. The van der Waals surface area contributed by atoms with Crippen LogP contribution in [0.15, 0.2) is 33.1 Å². The Morgan fingerprint density at radius 1 is 1.29 bits per heavy atom. The molecule has 0 fully saturated rings. The molecule has 10 heteroatoms. The van der Waals surface area contributed by atoms with E-state index >= 15 is 0 Å². The zero-order chi connectivity index (χ0) is 16.8. The van der Waals surface area contributed by atoms with Crippen molar-refractivity contribution in [2.75, 3.05) is 25.6 Å². The molecule has 0 bridgehead atoms. The number of anilines is 1. The molecular formula is C14H14ClN5O2S2. The number of rotatable bonds is 8. The highest BCUT2D eigenvalue weighted by Crippen LogP contribution is 2.28. The average molecular weight is 384 g/mol. The summed E-state index contributed by atoms with van der Waals surface area (Å²) in [7, 11) is 1.66. The number of thioether (sulfide) groups is 1. The van der Waals surface area contributed by atoms with Gasteiger partial charge >= 0.3 is 0 Å². The smallest absolute Gasteiger partial charge is 0.237 e. The maximum absolute atomic E-state index is 5.87. The van der Waals surface area contributed by atoms with Gasteiger partial charge in [0, 0.05) is 24.2 Å². The highest BCUT2D eigenvalue weighted by molar-refractivity contribution is 8.00. The summed E-state index contributed by atoms with van der Waals surface area (Å²) in [4.78, 5) is 4.38. The Balaban J connectivity index is 1.54. The Kier molecular flexibility index (Phi) is 6.02. The van der Waals surface area contributed by atoms with Gasteiger partial charge in [0.15, 0.2) is 4.34 Å². The first-order valence-corrected chi connectivity index (χ1v) is 9.20. The monoisotopic (exact) mass is 383 g/mol. The molecule has 0 saturated heterocycles. The second kappa shape index (κ2) is 8.43. The van der Waals surface area contributed by atoms with E-state index < -0.39 is 0 Å². The molecular weight excluding hydrogens is 370 g/mol. The molecule has 0 spiro atoms. The number of ether oxygens (including phenoxy) is 1. The fourth-order valence-corrected chi connectivity index (χ4v) is 3.49. The summed E-state index contributed by atoms with van der Waals surface area (Å²) >= 11 is 8.85. The summed E-state index contributed by atoms with van der Waals surface area (Å²) in [5.74, 6) is 1.61. The highest BCUT2D eigenvalue weighted by atomic mass is 35.5. The fraction of sp³-hybridized carbons (Fsp3) is 0.286. The normalized spacial score (nSPS) is 10.9. The third kappa shape index (κ3) is 4.67. The molecule has 0 saturated carbocycles. The number of nitrogens with zero attached hydrogens (tertiary/aromatic N) is 4. The van der Waals surface area contributed by atoms with Crippen LogP contribution in [0.1, 0.15) is 5.89 Å². The van der Waals surface area contributed by atoms with E-state index in [1.54, 1.807) is 19.2 Å². The lowest BCUT2D eigenvalue weighted by molar-refractivity contribution is 0.211. The van der Waals surface area contributed by atoms with Crippen molar-refractivity contribution in [3.8, 4) is 11.4 Å². The number of hydrogen-bond acceptors (Lipinski definition) is 9. The van der Waals surface area contributed by atoms with Crippen LogP contribution in [0.2, 0.25) is 5.02 Å². The zero-order valence-corrected chi connectivity index (χ0v) is 15.1. The van der Waals surface area contributed by atoms with Gasteiger partial charge in [0.1, 0.15) is 0 Å². The summed E-state index contributed by atoms with van der Waals surface area (Å²) in [6, 6.07) is 7.29. The van der Waals surface area contributed by atoms with Crippen LogP contribution in [0, 0.1) is 0 Å². The first kappa shape index (κ1) is 17.2. The molecule has 7 nitrogen and oxygen atoms in total. The highest BCUT2D eigenvalue weighted by Gasteiger charge is 2.11. The lowest BCUT2D eigenvalue weighted by Gasteiger charge is -1.98. The molecule has 2 aromatic heterocycles. The molecule has 0 unspecified atom stereocenters. The molecule has 1 aromatic carbocycles. The Labute approximate surface area is 151 Å². The van der Waals surface area contributed by atoms with Gasteiger partial charge in [-0.1, -0.05) is 39.9 Å². The third-order valence-electron chi connectivity index (χ3n) is 2.88. The van der Waals surface area contributed by atoms with Gasteiger partial charge in [-0.2, -0.15) is 4.98 Å². The van der Waals surface area contributed by atoms with Crippen molar-refractivity contribution < 1.29 is 9.26 Å². The van der Waals surface area contributed by atoms with Crippen LogP contribution in [-0.2, 0) is 10.5 Å². The van der Waals surface area contributed by atoms with E-state index in [9.17, 15) is 0 Å². The molecule has 2 heterocycles. The molecule has 0 radical (unpaired) electrons. The molecule has 1 N–H and O–H groups in total. The van der Waals surface area contributed by atoms with E-state index in [0.717, 1.165) is 15.0 Å². The van der Waals surface area contributed by atoms with Gasteiger partial charge in [0.25, 0.3) is 0 Å². The maximum Gasteiger partial charge on any atom is 0.237 e. The van der Waals surface area contributed by atoms with E-state index in [4.69, 9.17) is 20.9 Å². The standard InChI is InChI=1S/C14H14ClN5O2S2/c1-21-7-6-16-13-18-19-14(24-13)23-8-11-17-12(20-22-11)9-2-4-10(15)5-3-9/h2-5H,6-8H2,1H3,(H,16,18). The van der Waals surface area contributed by atoms with Crippen LogP contribution in [0.3, 0.4) is 0 Å². The number of aromatic nitrogens is 4. The predicted molar refractivity (Wildman–Crippen MR) is 94.6 cm³/mol. The van der Waals surface area contributed by atoms with E-state index in [1.165, 1.54) is 23.1 Å². The van der Waals surface area contributed by atoms with Crippen molar-refractivity contribution in [2.24, 2.45) is 0 Å². The number of halogens is 1. The Morgan fingerprint density at radius 2 is 2.12 bits per heavy atom. The van der Waals surface area contributed by atoms with Crippen LogP contribution >= 0.6 is 34.7 Å². The molecule has 0 aliphatic rings. The quantitative estimate of drug-likeness (QED) is 0.466. The van der Waals surface area contributed by atoms with E-state index in [2.05, 4.69) is 25.7 Å². The van der Waals surface area contributed by atoms with Crippen LogP contribution in [0.25, 0.3) is 11.4 Å². The number of benzene rings is 1. The van der Waals surface area contributed by atoms with Gasteiger partial charge in [-0.05, 0) is 24.3 Å². The first-order valence-electron chi connectivity index (χ1n) is 7.02. The topological polar surface area (TPSA) is 86.0 Å². The first-order chi connectivity index (χ1) is 11.7. The average Bonchev–Trinajstić information content (AvgIpc) is 3.23. The van der Waals surface area contributed by atoms with Crippen molar-refractivity contribution in [1.82, 2.24) is 20.3 Å². The van der Waals surface area contributed by atoms with E-state index in [-0.39, 0.29) is 0 Å². The maximum atomic E-state index is 5.87. The van der Waals surface area contributed by atoms with Crippen LogP contribution < -0.4 is 5.32 Å². The fourth-order valence-electron chi connectivity index (χ4n) is 1.75. The second-order valence-electron chi connectivity index (χ2n) is 4.60. The van der Waals surface area contributed by atoms with Crippen LogP contribution in [0.5, 0.6) is 0 Å². The predicted octanol–water partition coefficient (Wildman–Crippen LogP) is 3.59. The van der Waals surface area contributed by atoms with Crippen molar-refractivity contribution in [1.29, 1.82) is 0 Å². The molecule has 0 amide bonds. The number of methoxy groups -OCH3 is 1. The molecule has 0 aliphatic heterocycles. The third-order valence-corrected chi connectivity index (χ3v) is 5.13. The molecule has 3 aromatic rings. The molecule has 3 rings (SSSR count). The van der Waals surface area contributed by atoms with Crippen LogP contribution in [-0.4, -0.2) is 40.6 Å². The number of nitrogens with one attached hydrogen (secondary N) is 1. The Hall–Kier alpha value is -1.68. The minimum atomic E-state index is 0.535. The van der Waals surface area contributed by atoms with Gasteiger partial charge < -0.3 is 14.6 Å². The summed E-state index contributed by atoms with van der Waals surface area (Å²) in [6.45, 7) is 1.32. The van der Waals surface area contributed by atoms with Crippen molar-refractivity contribution in [2.45, 2.75) is 10.1 Å². The minimum Gasteiger partial charge on any atom is -0.383 e. The largest absolute Gasteiger partial charge is 0.383 e. The Bertz CT molecular complexity index is 778. The molecule has 24 heavy (non-hydrogen) atoms. The summed E-state index contributed by atoms with van der Waals surface area (Å²) in [5, 5.41) is 16.7. The summed E-state index contributed by atoms with van der Waals surface area (Å²) in [6.07, 6.45) is 0. The van der Waals surface area contributed by atoms with Crippen molar-refractivity contribution in [3.05, 3.63) is 35.2 Å². The summed E-state index contributed by atoms with van der Waals surface area (Å²) < 4.78 is 11.1. The van der Waals surface area contributed by atoms with E-state index in [1.807, 2.05) is 12.1 Å². The minimum absolute atomic E-state index is 0.535. The van der Waals surface area contributed by atoms with Gasteiger partial charge in [0.05, 0.1) is 12.4 Å². The SMILES string of the molecule is COCCNc1nnc(SCc2nc(-c3ccc(Cl)cc3)no2)s1. The van der Waals surface area contributed by atoms with Gasteiger partial charge in [0.2, 0.25) is 16.8 Å². The van der Waals surface area contributed by atoms with Crippen LogP contribution in [0.4, 0.5) is 5.13 Å². The summed E-state index contributed by atoms with van der Waals surface area (Å²) in [5.41, 5.74) is 0.861. The zero-order valence-electron chi connectivity index (χ0n) is 12.7. The molecule has 0 atom stereocenters. The second-order valence-corrected chi connectivity index (χ2v) is 7.24. The molecule has 0 aliphatic carbocycles.